The lowest BCUT2D eigenvalue weighted by Gasteiger charge is -2.32. The molecular weight excluding hydrogens is 240 g/mol. The van der Waals surface area contributed by atoms with E-state index in [2.05, 4.69) is 9.88 Å². The second-order valence-electron chi connectivity index (χ2n) is 5.32. The van der Waals surface area contributed by atoms with Crippen LogP contribution in [0, 0.1) is 5.92 Å². The third-order valence-corrected chi connectivity index (χ3v) is 3.84. The Labute approximate surface area is 114 Å². The van der Waals surface area contributed by atoms with E-state index in [0.29, 0.717) is 13.1 Å². The fraction of sp³-hybridized carbons (Fsp3) is 0.643. The number of piperidine rings is 1. The second kappa shape index (κ2) is 6.73. The molecule has 1 fully saturated rings. The van der Waals surface area contributed by atoms with Gasteiger partial charge < -0.3 is 20.5 Å². The van der Waals surface area contributed by atoms with Crippen LogP contribution in [0.3, 0.4) is 0 Å². The Hall–Kier alpha value is -1.33. The highest BCUT2D eigenvalue weighted by Crippen LogP contribution is 2.19. The van der Waals surface area contributed by atoms with Crippen molar-refractivity contribution in [1.29, 1.82) is 0 Å². The Morgan fingerprint density at radius 2 is 2.26 bits per heavy atom. The number of rotatable bonds is 5. The predicted molar refractivity (Wildman–Crippen MR) is 75.5 cm³/mol. The van der Waals surface area contributed by atoms with Crippen LogP contribution in [0.15, 0.2) is 18.5 Å². The number of hydrogen-bond donors (Lipinski definition) is 2. The van der Waals surface area contributed by atoms with E-state index in [0.717, 1.165) is 38.0 Å². The van der Waals surface area contributed by atoms with E-state index < -0.39 is 0 Å². The molecule has 1 aromatic heterocycles. The third kappa shape index (κ3) is 3.81. The summed E-state index contributed by atoms with van der Waals surface area (Å²) in [5.41, 5.74) is 6.71. The summed E-state index contributed by atoms with van der Waals surface area (Å²) < 4.78 is 0. The number of nitrogens with two attached hydrogens (primary N) is 1. The van der Waals surface area contributed by atoms with Gasteiger partial charge in [0.1, 0.15) is 0 Å². The van der Waals surface area contributed by atoms with Crippen molar-refractivity contribution >= 4 is 5.91 Å². The molecule has 0 atom stereocenters. The molecule has 0 radical (unpaired) electrons. The van der Waals surface area contributed by atoms with E-state index in [1.165, 1.54) is 0 Å². The number of carbonyl (C=O) groups excluding carboxylic acids is 1. The van der Waals surface area contributed by atoms with Gasteiger partial charge in [0.15, 0.2) is 0 Å². The van der Waals surface area contributed by atoms with Gasteiger partial charge >= 0.3 is 0 Å². The average molecular weight is 264 g/mol. The van der Waals surface area contributed by atoms with Crippen LogP contribution in [0.25, 0.3) is 0 Å². The van der Waals surface area contributed by atoms with Crippen molar-refractivity contribution in [2.75, 3.05) is 33.2 Å². The van der Waals surface area contributed by atoms with Crippen LogP contribution in [-0.2, 0) is 11.3 Å². The van der Waals surface area contributed by atoms with Gasteiger partial charge in [0, 0.05) is 45.0 Å². The summed E-state index contributed by atoms with van der Waals surface area (Å²) in [7, 11) is 1.89. The minimum absolute atomic E-state index is 0.179. The Morgan fingerprint density at radius 1 is 1.53 bits per heavy atom. The van der Waals surface area contributed by atoms with Gasteiger partial charge in [0.25, 0.3) is 0 Å². The van der Waals surface area contributed by atoms with Crippen LogP contribution in [0.5, 0.6) is 0 Å². The Balaban J connectivity index is 1.80. The summed E-state index contributed by atoms with van der Waals surface area (Å²) in [6, 6.07) is 2.01. The van der Waals surface area contributed by atoms with Crippen molar-refractivity contribution in [3.63, 3.8) is 0 Å². The average Bonchev–Trinajstić information content (AvgIpc) is 2.92. The van der Waals surface area contributed by atoms with Crippen LogP contribution in [0.2, 0.25) is 0 Å². The predicted octanol–water partition coefficient (Wildman–Crippen LogP) is 0.644. The molecule has 0 aromatic carbocycles. The van der Waals surface area contributed by atoms with Crippen molar-refractivity contribution in [2.24, 2.45) is 11.7 Å². The number of likely N-dealkylation sites (tertiary alicyclic amines) is 1. The number of nitrogens with one attached hydrogen (secondary N) is 1. The molecule has 1 saturated heterocycles. The zero-order valence-corrected chi connectivity index (χ0v) is 11.6. The highest BCUT2D eigenvalue weighted by molar-refractivity contribution is 5.78. The van der Waals surface area contributed by atoms with Gasteiger partial charge in [0.2, 0.25) is 5.91 Å². The molecule has 5 nitrogen and oxygen atoms in total. The summed E-state index contributed by atoms with van der Waals surface area (Å²) in [6.45, 7) is 4.31. The van der Waals surface area contributed by atoms with E-state index in [9.17, 15) is 4.79 Å². The number of H-pyrrole nitrogens is 1. The molecule has 19 heavy (non-hydrogen) atoms. The van der Waals surface area contributed by atoms with E-state index in [-0.39, 0.29) is 11.8 Å². The maximum atomic E-state index is 12.4. The molecule has 0 aliphatic carbocycles. The lowest BCUT2D eigenvalue weighted by Crippen LogP contribution is -2.42. The molecule has 106 valence electrons. The molecular formula is C14H24N4O. The van der Waals surface area contributed by atoms with Gasteiger partial charge in [0.05, 0.1) is 0 Å². The molecule has 1 aliphatic rings. The molecule has 0 bridgehead atoms. The van der Waals surface area contributed by atoms with Crippen molar-refractivity contribution in [3.8, 4) is 0 Å². The van der Waals surface area contributed by atoms with Crippen molar-refractivity contribution < 1.29 is 4.79 Å². The van der Waals surface area contributed by atoms with E-state index in [1.54, 1.807) is 0 Å². The van der Waals surface area contributed by atoms with E-state index in [1.807, 2.05) is 30.4 Å². The standard InChI is InChI=1S/C14H24N4O/c1-17(11-12-2-6-16-10-12)14(19)13-3-7-18(8-4-13)9-5-15/h2,6,10,13,16H,3-5,7-9,11,15H2,1H3. The first-order valence-corrected chi connectivity index (χ1v) is 6.99. The molecule has 1 aromatic rings. The number of carbonyl (C=O) groups is 1. The normalized spacial score (nSPS) is 17.6. The molecule has 5 heteroatoms. The molecule has 1 aliphatic heterocycles. The summed E-state index contributed by atoms with van der Waals surface area (Å²) in [5.74, 6) is 0.451. The topological polar surface area (TPSA) is 65.4 Å². The highest BCUT2D eigenvalue weighted by atomic mass is 16.2. The quantitative estimate of drug-likeness (QED) is 0.820. The molecule has 0 spiro atoms. The molecule has 2 rings (SSSR count). The summed E-state index contributed by atoms with van der Waals surface area (Å²) in [4.78, 5) is 19.6. The van der Waals surface area contributed by atoms with Crippen LogP contribution >= 0.6 is 0 Å². The summed E-state index contributed by atoms with van der Waals surface area (Å²) in [6.07, 6.45) is 5.74. The van der Waals surface area contributed by atoms with Crippen LogP contribution in [0.1, 0.15) is 18.4 Å². The first-order chi connectivity index (χ1) is 9.20. The lowest BCUT2D eigenvalue weighted by molar-refractivity contribution is -0.136. The number of nitrogens with zero attached hydrogens (tertiary/aromatic N) is 2. The van der Waals surface area contributed by atoms with Gasteiger partial charge in [-0.25, -0.2) is 0 Å². The van der Waals surface area contributed by atoms with Crippen LogP contribution in [0.4, 0.5) is 0 Å². The van der Waals surface area contributed by atoms with E-state index >= 15 is 0 Å². The maximum absolute atomic E-state index is 12.4. The summed E-state index contributed by atoms with van der Waals surface area (Å²) >= 11 is 0. The van der Waals surface area contributed by atoms with Crippen LogP contribution in [-0.4, -0.2) is 53.9 Å². The Kier molecular flexibility index (Phi) is 4.99. The molecule has 1 amide bonds. The van der Waals surface area contributed by atoms with Crippen molar-refractivity contribution in [1.82, 2.24) is 14.8 Å². The number of amides is 1. The largest absolute Gasteiger partial charge is 0.367 e. The minimum Gasteiger partial charge on any atom is -0.367 e. The van der Waals surface area contributed by atoms with Gasteiger partial charge in [-0.1, -0.05) is 0 Å². The van der Waals surface area contributed by atoms with E-state index in [4.69, 9.17) is 5.73 Å². The first-order valence-electron chi connectivity index (χ1n) is 6.99. The fourth-order valence-corrected chi connectivity index (χ4v) is 2.71. The summed E-state index contributed by atoms with van der Waals surface area (Å²) in [5, 5.41) is 0. The second-order valence-corrected chi connectivity index (χ2v) is 5.32. The van der Waals surface area contributed by atoms with Crippen molar-refractivity contribution in [2.45, 2.75) is 19.4 Å². The van der Waals surface area contributed by atoms with Gasteiger partial charge in [-0.15, -0.1) is 0 Å². The monoisotopic (exact) mass is 264 g/mol. The number of hydrogen-bond acceptors (Lipinski definition) is 3. The smallest absolute Gasteiger partial charge is 0.225 e. The third-order valence-electron chi connectivity index (χ3n) is 3.84. The molecule has 0 saturated carbocycles. The van der Waals surface area contributed by atoms with Crippen LogP contribution < -0.4 is 5.73 Å². The SMILES string of the molecule is CN(Cc1cc[nH]c1)C(=O)C1CCN(CCN)CC1. The highest BCUT2D eigenvalue weighted by Gasteiger charge is 2.26. The number of aromatic nitrogens is 1. The van der Waals surface area contributed by atoms with Gasteiger partial charge in [-0.3, -0.25) is 4.79 Å². The van der Waals surface area contributed by atoms with Gasteiger partial charge in [-0.05, 0) is 37.6 Å². The maximum Gasteiger partial charge on any atom is 0.225 e. The lowest BCUT2D eigenvalue weighted by atomic mass is 9.95. The molecule has 3 N–H and O–H groups in total. The fourth-order valence-electron chi connectivity index (χ4n) is 2.71. The minimum atomic E-state index is 0.179. The van der Waals surface area contributed by atoms with Gasteiger partial charge in [-0.2, -0.15) is 0 Å². The molecule has 2 heterocycles. The zero-order valence-electron chi connectivity index (χ0n) is 11.6. The first kappa shape index (κ1) is 14.1. The number of aromatic amines is 1. The van der Waals surface area contributed by atoms with Crippen molar-refractivity contribution in [3.05, 3.63) is 24.0 Å². The molecule has 0 unspecified atom stereocenters. The zero-order chi connectivity index (χ0) is 13.7. The Morgan fingerprint density at radius 3 is 2.84 bits per heavy atom. The Bertz CT molecular complexity index is 382.